The van der Waals surface area contributed by atoms with Crippen molar-refractivity contribution in [3.63, 3.8) is 0 Å². The fraction of sp³-hybridized carbons (Fsp3) is 0.700. The number of oxazole rings is 1. The average molecular weight is 195 g/mol. The second-order valence-corrected chi connectivity index (χ2v) is 4.00. The lowest BCUT2D eigenvalue weighted by Gasteiger charge is -2.29. The molecule has 4 heteroatoms. The molecule has 1 aliphatic heterocycles. The second-order valence-electron chi connectivity index (χ2n) is 4.00. The van der Waals surface area contributed by atoms with E-state index in [9.17, 15) is 0 Å². The van der Waals surface area contributed by atoms with Crippen LogP contribution in [0.3, 0.4) is 0 Å². The normalized spacial score (nSPS) is 24.0. The number of nitrogens with zero attached hydrogens (tertiary/aromatic N) is 2. The lowest BCUT2D eigenvalue weighted by atomic mass is 10.1. The Balaban J connectivity index is 1.94. The molecule has 1 aromatic heterocycles. The van der Waals surface area contributed by atoms with E-state index in [-0.39, 0.29) is 0 Å². The van der Waals surface area contributed by atoms with Crippen molar-refractivity contribution in [1.82, 2.24) is 9.88 Å². The van der Waals surface area contributed by atoms with Gasteiger partial charge in [0.15, 0.2) is 6.39 Å². The number of rotatable bonds is 2. The lowest BCUT2D eigenvalue weighted by molar-refractivity contribution is 0.187. The Hall–Kier alpha value is -0.870. The van der Waals surface area contributed by atoms with Gasteiger partial charge in [-0.15, -0.1) is 0 Å². The third kappa shape index (κ3) is 2.13. The summed E-state index contributed by atoms with van der Waals surface area (Å²) in [6.45, 7) is 4.91. The van der Waals surface area contributed by atoms with Crippen LogP contribution in [0, 0.1) is 6.92 Å². The third-order valence-corrected chi connectivity index (χ3v) is 2.75. The molecule has 0 aromatic carbocycles. The van der Waals surface area contributed by atoms with Crippen LogP contribution in [0.4, 0.5) is 0 Å². The van der Waals surface area contributed by atoms with Gasteiger partial charge >= 0.3 is 0 Å². The van der Waals surface area contributed by atoms with E-state index in [0.29, 0.717) is 6.04 Å². The zero-order chi connectivity index (χ0) is 9.97. The molecule has 78 valence electrons. The predicted molar refractivity (Wildman–Crippen MR) is 53.7 cm³/mol. The van der Waals surface area contributed by atoms with E-state index < -0.39 is 0 Å². The molecule has 0 amide bonds. The molecule has 0 bridgehead atoms. The molecule has 1 atom stereocenters. The maximum Gasteiger partial charge on any atom is 0.181 e. The van der Waals surface area contributed by atoms with Crippen molar-refractivity contribution in [1.29, 1.82) is 0 Å². The summed E-state index contributed by atoms with van der Waals surface area (Å²) >= 11 is 0. The van der Waals surface area contributed by atoms with Crippen LogP contribution in [0.25, 0.3) is 0 Å². The predicted octanol–water partition coefficient (Wildman–Crippen LogP) is 0.906. The summed E-state index contributed by atoms with van der Waals surface area (Å²) in [5.74, 6) is 0.971. The molecular formula is C10H17N3O. The van der Waals surface area contributed by atoms with Gasteiger partial charge in [0.05, 0.1) is 12.2 Å². The molecule has 1 aromatic rings. The highest BCUT2D eigenvalue weighted by atomic mass is 16.3. The summed E-state index contributed by atoms with van der Waals surface area (Å²) in [5, 5.41) is 0. The Bertz CT molecular complexity index is 297. The highest BCUT2D eigenvalue weighted by Gasteiger charge is 2.18. The zero-order valence-electron chi connectivity index (χ0n) is 8.57. The van der Waals surface area contributed by atoms with Crippen molar-refractivity contribution in [3.05, 3.63) is 17.8 Å². The Kier molecular flexibility index (Phi) is 2.84. The van der Waals surface area contributed by atoms with E-state index >= 15 is 0 Å². The average Bonchev–Trinajstić information content (AvgIpc) is 2.52. The third-order valence-electron chi connectivity index (χ3n) is 2.75. The first-order valence-electron chi connectivity index (χ1n) is 5.12. The number of likely N-dealkylation sites (tertiary alicyclic amines) is 1. The number of piperidine rings is 1. The van der Waals surface area contributed by atoms with Gasteiger partial charge < -0.3 is 10.2 Å². The summed E-state index contributed by atoms with van der Waals surface area (Å²) in [6, 6.07) is 0.326. The molecule has 0 radical (unpaired) electrons. The van der Waals surface area contributed by atoms with E-state index in [1.165, 1.54) is 12.8 Å². The molecule has 4 nitrogen and oxygen atoms in total. The molecule has 0 saturated carbocycles. The molecular weight excluding hydrogens is 178 g/mol. The van der Waals surface area contributed by atoms with Gasteiger partial charge in [-0.05, 0) is 26.3 Å². The summed E-state index contributed by atoms with van der Waals surface area (Å²) in [7, 11) is 0. The largest absolute Gasteiger partial charge is 0.447 e. The van der Waals surface area contributed by atoms with Crippen LogP contribution in [0.2, 0.25) is 0 Å². The van der Waals surface area contributed by atoms with Gasteiger partial charge in [0.25, 0.3) is 0 Å². The van der Waals surface area contributed by atoms with E-state index in [2.05, 4.69) is 9.88 Å². The zero-order valence-corrected chi connectivity index (χ0v) is 8.57. The fourth-order valence-electron chi connectivity index (χ4n) is 1.92. The van der Waals surface area contributed by atoms with Crippen LogP contribution < -0.4 is 5.73 Å². The summed E-state index contributed by atoms with van der Waals surface area (Å²) in [6.07, 6.45) is 3.84. The number of aromatic nitrogens is 1. The van der Waals surface area contributed by atoms with Gasteiger partial charge in [-0.3, -0.25) is 4.90 Å². The highest BCUT2D eigenvalue weighted by molar-refractivity contribution is 5.04. The minimum Gasteiger partial charge on any atom is -0.447 e. The monoisotopic (exact) mass is 195 g/mol. The van der Waals surface area contributed by atoms with Crippen LogP contribution in [-0.2, 0) is 6.54 Å². The Morgan fingerprint density at radius 3 is 3.21 bits per heavy atom. The minimum atomic E-state index is 0.326. The number of hydrogen-bond donors (Lipinski definition) is 1. The van der Waals surface area contributed by atoms with Gasteiger partial charge in [-0.25, -0.2) is 4.98 Å². The van der Waals surface area contributed by atoms with Gasteiger partial charge in [0.2, 0.25) is 0 Å². The quantitative estimate of drug-likeness (QED) is 0.762. The number of nitrogens with two attached hydrogens (primary N) is 1. The Morgan fingerprint density at radius 1 is 1.71 bits per heavy atom. The van der Waals surface area contributed by atoms with Gasteiger partial charge in [-0.2, -0.15) is 0 Å². The number of hydrogen-bond acceptors (Lipinski definition) is 4. The molecule has 0 aliphatic carbocycles. The minimum absolute atomic E-state index is 0.326. The van der Waals surface area contributed by atoms with Crippen molar-refractivity contribution in [3.8, 4) is 0 Å². The first kappa shape index (κ1) is 9.68. The molecule has 1 unspecified atom stereocenters. The first-order chi connectivity index (χ1) is 6.75. The van der Waals surface area contributed by atoms with Crippen LogP contribution in [0.1, 0.15) is 24.3 Å². The second kappa shape index (κ2) is 4.11. The fourth-order valence-corrected chi connectivity index (χ4v) is 1.92. The Morgan fingerprint density at radius 2 is 2.57 bits per heavy atom. The SMILES string of the molecule is Cc1ncoc1CN1CCCC(N)C1. The Labute approximate surface area is 84.1 Å². The van der Waals surface area contributed by atoms with Gasteiger partial charge in [-0.1, -0.05) is 0 Å². The standard InChI is InChI=1S/C10H17N3O/c1-8-10(14-7-12-8)6-13-4-2-3-9(11)5-13/h7,9H,2-6,11H2,1H3. The van der Waals surface area contributed by atoms with Crippen molar-refractivity contribution < 1.29 is 4.42 Å². The lowest BCUT2D eigenvalue weighted by Crippen LogP contribution is -2.42. The molecule has 2 heterocycles. The molecule has 1 fully saturated rings. The highest BCUT2D eigenvalue weighted by Crippen LogP contribution is 2.14. The summed E-state index contributed by atoms with van der Waals surface area (Å²) in [5.41, 5.74) is 6.89. The number of aryl methyl sites for hydroxylation is 1. The van der Waals surface area contributed by atoms with Crippen LogP contribution in [0.15, 0.2) is 10.8 Å². The molecule has 1 aliphatic rings. The maximum atomic E-state index is 5.90. The van der Waals surface area contributed by atoms with Crippen molar-refractivity contribution in [2.24, 2.45) is 5.73 Å². The van der Waals surface area contributed by atoms with Crippen molar-refractivity contribution >= 4 is 0 Å². The van der Waals surface area contributed by atoms with E-state index in [1.807, 2.05) is 6.92 Å². The molecule has 1 saturated heterocycles. The topological polar surface area (TPSA) is 55.3 Å². The van der Waals surface area contributed by atoms with Crippen LogP contribution >= 0.6 is 0 Å². The van der Waals surface area contributed by atoms with Gasteiger partial charge in [0.1, 0.15) is 5.76 Å². The first-order valence-corrected chi connectivity index (χ1v) is 5.12. The smallest absolute Gasteiger partial charge is 0.181 e. The van der Waals surface area contributed by atoms with Crippen LogP contribution in [0.5, 0.6) is 0 Å². The molecule has 2 N–H and O–H groups in total. The summed E-state index contributed by atoms with van der Waals surface area (Å²) in [4.78, 5) is 6.41. The maximum absolute atomic E-state index is 5.90. The van der Waals surface area contributed by atoms with Crippen molar-refractivity contribution in [2.75, 3.05) is 13.1 Å². The van der Waals surface area contributed by atoms with Gasteiger partial charge in [0, 0.05) is 12.6 Å². The van der Waals surface area contributed by atoms with E-state index in [4.69, 9.17) is 10.2 Å². The molecule has 2 rings (SSSR count). The van der Waals surface area contributed by atoms with Crippen LogP contribution in [-0.4, -0.2) is 29.0 Å². The van der Waals surface area contributed by atoms with E-state index in [1.54, 1.807) is 0 Å². The van der Waals surface area contributed by atoms with E-state index in [0.717, 1.165) is 37.5 Å². The molecule has 14 heavy (non-hydrogen) atoms. The molecule has 0 spiro atoms. The van der Waals surface area contributed by atoms with Crippen molar-refractivity contribution in [2.45, 2.75) is 32.4 Å². The summed E-state index contributed by atoms with van der Waals surface area (Å²) < 4.78 is 5.31.